The van der Waals surface area contributed by atoms with Crippen molar-refractivity contribution in [2.24, 2.45) is 5.92 Å². The van der Waals surface area contributed by atoms with Crippen molar-refractivity contribution in [3.63, 3.8) is 0 Å². The molecule has 0 radical (unpaired) electrons. The van der Waals surface area contributed by atoms with E-state index in [1.54, 1.807) is 0 Å². The van der Waals surface area contributed by atoms with Crippen LogP contribution in [-0.4, -0.2) is 37.6 Å². The summed E-state index contributed by atoms with van der Waals surface area (Å²) in [7, 11) is 0. The minimum atomic E-state index is -0.976. The van der Waals surface area contributed by atoms with Crippen molar-refractivity contribution in [1.29, 1.82) is 0 Å². The Morgan fingerprint density at radius 2 is 1.64 bits per heavy atom. The van der Waals surface area contributed by atoms with Gasteiger partial charge in [-0.2, -0.15) is 0 Å². The third-order valence-electron chi connectivity index (χ3n) is 7.05. The number of halogens is 1. The summed E-state index contributed by atoms with van der Waals surface area (Å²) < 4.78 is 15.1. The lowest BCUT2D eigenvalue weighted by molar-refractivity contribution is -0.384. The molecule has 0 saturated carbocycles. The van der Waals surface area contributed by atoms with Crippen molar-refractivity contribution in [3.05, 3.63) is 109 Å². The number of phenols is 1. The average Bonchev–Trinajstić information content (AvgIpc) is 3.41. The van der Waals surface area contributed by atoms with Crippen LogP contribution in [-0.2, 0) is 20.9 Å². The predicted molar refractivity (Wildman–Crippen MR) is 152 cm³/mol. The van der Waals surface area contributed by atoms with Gasteiger partial charge in [-0.3, -0.25) is 33.9 Å². The number of nitrogens with one attached hydrogen (secondary N) is 1. The first-order valence-electron chi connectivity index (χ1n) is 12.5. The van der Waals surface area contributed by atoms with Crippen LogP contribution in [0.5, 0.6) is 5.75 Å². The fourth-order valence-electron chi connectivity index (χ4n) is 5.15. The second kappa shape index (κ2) is 10.5. The topological polar surface area (TPSA) is 152 Å². The molecule has 212 valence electrons. The molecule has 1 aromatic heterocycles. The van der Waals surface area contributed by atoms with Crippen molar-refractivity contribution in [2.45, 2.75) is 22.7 Å². The normalized spacial score (nSPS) is 19.4. The standard InChI is InChI=1S/C28H19FN4O7S2/c29-15-3-1-14(2-4-15)21-22-23(26(37)32(25(22)36)17-7-9-18(10-8-17)33(39)40)41-27-24(21)42-28(38)31(27)13-20(35)30-16-5-11-19(34)12-6-16/h1-12,21-23,34H,13H2,(H,30,35). The van der Waals surface area contributed by atoms with Gasteiger partial charge in [0.25, 0.3) is 5.69 Å². The number of nitro groups is 1. The zero-order valence-electron chi connectivity index (χ0n) is 21.3. The maximum atomic E-state index is 13.9. The number of nitrogens with zero attached hydrogens (tertiary/aromatic N) is 3. The summed E-state index contributed by atoms with van der Waals surface area (Å²) in [5, 5.41) is 22.6. The number of aromatic nitrogens is 1. The molecule has 0 bridgehead atoms. The summed E-state index contributed by atoms with van der Waals surface area (Å²) in [5.41, 5.74) is 0.881. The van der Waals surface area contributed by atoms with Gasteiger partial charge in [-0.25, -0.2) is 9.29 Å². The largest absolute Gasteiger partial charge is 0.508 e. The maximum absolute atomic E-state index is 13.9. The molecule has 1 saturated heterocycles. The number of aromatic hydroxyl groups is 1. The summed E-state index contributed by atoms with van der Waals surface area (Å²) in [6, 6.07) is 16.3. The number of phenolic OH excluding ortho intramolecular Hbond substituents is 1. The SMILES string of the molecule is O=C(Cn1c2c(sc1=O)C(c1ccc(F)cc1)C1C(=O)N(c3ccc([N+](=O)[O-])cc3)C(=O)C1S2)Nc1ccc(O)cc1. The van der Waals surface area contributed by atoms with Gasteiger partial charge in [0.05, 0.1) is 21.6 Å². The number of anilines is 2. The lowest BCUT2D eigenvalue weighted by Crippen LogP contribution is -2.33. The van der Waals surface area contributed by atoms with E-state index in [-0.39, 0.29) is 23.7 Å². The zero-order valence-corrected chi connectivity index (χ0v) is 22.9. The molecule has 3 amide bonds. The number of thioether (sulfide) groups is 1. The number of carbonyl (C=O) groups excluding carboxylic acids is 3. The number of imide groups is 1. The Kier molecular flexibility index (Phi) is 6.86. The Hall–Kier alpha value is -4.82. The molecule has 6 rings (SSSR count). The molecule has 3 unspecified atom stereocenters. The van der Waals surface area contributed by atoms with Crippen LogP contribution < -0.4 is 15.1 Å². The van der Waals surface area contributed by atoms with Gasteiger partial charge < -0.3 is 10.4 Å². The molecule has 4 aromatic rings. The molecule has 0 aliphatic carbocycles. The Morgan fingerprint density at radius 1 is 0.976 bits per heavy atom. The van der Waals surface area contributed by atoms with Gasteiger partial charge in [0.2, 0.25) is 17.7 Å². The van der Waals surface area contributed by atoms with Crippen LogP contribution in [0.2, 0.25) is 0 Å². The summed E-state index contributed by atoms with van der Waals surface area (Å²) in [6.07, 6.45) is 0. The number of thiazole rings is 1. The summed E-state index contributed by atoms with van der Waals surface area (Å²) in [5.74, 6) is -3.86. The van der Waals surface area contributed by atoms with Crippen LogP contribution in [0.15, 0.2) is 82.6 Å². The zero-order chi connectivity index (χ0) is 29.7. The molecule has 2 aliphatic rings. The number of hydrogen-bond donors (Lipinski definition) is 2. The Balaban J connectivity index is 1.39. The monoisotopic (exact) mass is 606 g/mol. The first-order valence-corrected chi connectivity index (χ1v) is 14.2. The van der Waals surface area contributed by atoms with E-state index in [2.05, 4.69) is 5.32 Å². The third-order valence-corrected chi connectivity index (χ3v) is 9.65. The van der Waals surface area contributed by atoms with Gasteiger partial charge in [-0.15, -0.1) is 0 Å². The number of carbonyl (C=O) groups is 3. The van der Waals surface area contributed by atoms with Crippen molar-refractivity contribution < 1.29 is 28.8 Å². The van der Waals surface area contributed by atoms with E-state index in [9.17, 15) is 38.8 Å². The minimum absolute atomic E-state index is 0.0208. The molecule has 3 atom stereocenters. The van der Waals surface area contributed by atoms with Crippen LogP contribution in [0.1, 0.15) is 16.4 Å². The quantitative estimate of drug-likeness (QED) is 0.144. The van der Waals surface area contributed by atoms with E-state index in [1.165, 1.54) is 77.4 Å². The van der Waals surface area contributed by atoms with Crippen molar-refractivity contribution in [2.75, 3.05) is 10.2 Å². The summed E-state index contributed by atoms with van der Waals surface area (Å²) >= 11 is 1.86. The fraction of sp³-hybridized carbons (Fsp3) is 0.143. The maximum Gasteiger partial charge on any atom is 0.308 e. The van der Waals surface area contributed by atoms with Gasteiger partial charge in [0.1, 0.15) is 23.4 Å². The van der Waals surface area contributed by atoms with Gasteiger partial charge in [0, 0.05) is 28.6 Å². The first-order chi connectivity index (χ1) is 20.1. The molecule has 14 heteroatoms. The summed E-state index contributed by atoms with van der Waals surface area (Å²) in [6.45, 7) is -0.375. The number of rotatable bonds is 6. The highest BCUT2D eigenvalue weighted by atomic mass is 32.2. The van der Waals surface area contributed by atoms with Gasteiger partial charge in [0.15, 0.2) is 0 Å². The minimum Gasteiger partial charge on any atom is -0.508 e. The van der Waals surface area contributed by atoms with Crippen LogP contribution in [0.4, 0.5) is 21.5 Å². The number of benzene rings is 3. The molecule has 3 heterocycles. The highest BCUT2D eigenvalue weighted by molar-refractivity contribution is 8.00. The van der Waals surface area contributed by atoms with Crippen LogP contribution in [0, 0.1) is 21.8 Å². The molecule has 11 nitrogen and oxygen atoms in total. The van der Waals surface area contributed by atoms with E-state index in [4.69, 9.17) is 0 Å². The fourth-order valence-corrected chi connectivity index (χ4v) is 7.92. The van der Waals surface area contributed by atoms with Crippen molar-refractivity contribution in [1.82, 2.24) is 4.57 Å². The molecule has 3 aromatic carbocycles. The van der Waals surface area contributed by atoms with E-state index >= 15 is 0 Å². The first kappa shape index (κ1) is 27.4. The average molecular weight is 607 g/mol. The van der Waals surface area contributed by atoms with Crippen molar-refractivity contribution in [3.8, 4) is 5.75 Å². The third kappa shape index (κ3) is 4.73. The highest BCUT2D eigenvalue weighted by Gasteiger charge is 2.56. The van der Waals surface area contributed by atoms with Gasteiger partial charge in [-0.05, 0) is 54.1 Å². The Labute approximate surface area is 244 Å². The molecule has 1 fully saturated rings. The van der Waals surface area contributed by atoms with E-state index in [1.807, 2.05) is 0 Å². The summed E-state index contributed by atoms with van der Waals surface area (Å²) in [4.78, 5) is 65.2. The van der Waals surface area contributed by atoms with Gasteiger partial charge >= 0.3 is 4.87 Å². The molecular formula is C28H19FN4O7S2. The molecule has 2 N–H and O–H groups in total. The molecule has 2 aliphatic heterocycles. The van der Waals surface area contributed by atoms with Gasteiger partial charge in [-0.1, -0.05) is 35.2 Å². The van der Waals surface area contributed by atoms with E-state index in [0.29, 0.717) is 21.2 Å². The second-order valence-electron chi connectivity index (χ2n) is 9.60. The molecule has 0 spiro atoms. The van der Waals surface area contributed by atoms with E-state index < -0.39 is 50.4 Å². The number of fused-ring (bicyclic) bond motifs is 2. The van der Waals surface area contributed by atoms with E-state index in [0.717, 1.165) is 28.0 Å². The lowest BCUT2D eigenvalue weighted by atomic mass is 9.83. The van der Waals surface area contributed by atoms with Crippen LogP contribution in [0.25, 0.3) is 0 Å². The van der Waals surface area contributed by atoms with Crippen LogP contribution in [0.3, 0.4) is 0 Å². The smallest absolute Gasteiger partial charge is 0.308 e. The Morgan fingerprint density at radius 3 is 2.29 bits per heavy atom. The number of non-ortho nitro benzene ring substituents is 1. The highest BCUT2D eigenvalue weighted by Crippen LogP contribution is 2.53. The molecule has 42 heavy (non-hydrogen) atoms. The number of nitro benzene ring substituents is 1. The predicted octanol–water partition coefficient (Wildman–Crippen LogP) is 4.10. The lowest BCUT2D eigenvalue weighted by Gasteiger charge is -2.30. The number of hydrogen-bond acceptors (Lipinski definition) is 9. The molecular weight excluding hydrogens is 587 g/mol. The number of amides is 3. The second-order valence-corrected chi connectivity index (χ2v) is 11.7. The van der Waals surface area contributed by atoms with Crippen LogP contribution >= 0.6 is 23.1 Å². The Bertz CT molecular complexity index is 1800. The van der Waals surface area contributed by atoms with Crippen molar-refractivity contribution >= 4 is 57.9 Å².